The lowest BCUT2D eigenvalue weighted by molar-refractivity contribution is 0.0889. The van der Waals surface area contributed by atoms with Gasteiger partial charge >= 0.3 is 0 Å². The molecule has 4 nitrogen and oxygen atoms in total. The Morgan fingerprint density at radius 3 is 2.60 bits per heavy atom. The van der Waals surface area contributed by atoms with Crippen LogP contribution in [0.2, 0.25) is 0 Å². The highest BCUT2D eigenvalue weighted by molar-refractivity contribution is 7.99. The van der Waals surface area contributed by atoms with Crippen LogP contribution < -0.4 is 10.2 Å². The molecule has 0 radical (unpaired) electrons. The van der Waals surface area contributed by atoms with Gasteiger partial charge in [0.25, 0.3) is 11.8 Å². The van der Waals surface area contributed by atoms with Crippen molar-refractivity contribution < 1.29 is 14.0 Å². The zero-order valence-electron chi connectivity index (χ0n) is 20.0. The number of fused-ring (bicyclic) bond motifs is 2. The van der Waals surface area contributed by atoms with Gasteiger partial charge in [-0.25, -0.2) is 4.39 Å². The molecule has 1 N–H and O–H groups in total. The van der Waals surface area contributed by atoms with Crippen molar-refractivity contribution in [2.24, 2.45) is 11.8 Å². The fourth-order valence-electron chi connectivity index (χ4n) is 5.03. The first-order valence-electron chi connectivity index (χ1n) is 12.2. The number of hydrogen-bond donors (Lipinski definition) is 1. The molecule has 3 atom stereocenters. The van der Waals surface area contributed by atoms with Crippen LogP contribution in [0.4, 0.5) is 10.1 Å². The van der Waals surface area contributed by atoms with Gasteiger partial charge in [-0.1, -0.05) is 62.7 Å². The summed E-state index contributed by atoms with van der Waals surface area (Å²) >= 11 is 1.53. The molecule has 1 aliphatic heterocycles. The number of amides is 2. The summed E-state index contributed by atoms with van der Waals surface area (Å²) < 4.78 is 13.5. The Bertz CT molecular complexity index is 1260. The van der Waals surface area contributed by atoms with Gasteiger partial charge in [0.2, 0.25) is 0 Å². The molecule has 0 bridgehead atoms. The van der Waals surface area contributed by atoms with Gasteiger partial charge in [0.15, 0.2) is 0 Å². The standard InChI is InChI=1S/C29H29FN2O2S/c1-18-6-5-8-24(19(18)2)31-28(33)21-12-15-27-25(16-21)32(17-20-10-13-22(30)14-11-20)29(34)23-7-3-4-9-26(23)35-27/h3-4,7,9-16,18-19,24H,5-6,8,17H2,1-2H3,(H,31,33). The van der Waals surface area contributed by atoms with Gasteiger partial charge in [0.1, 0.15) is 5.82 Å². The van der Waals surface area contributed by atoms with E-state index in [4.69, 9.17) is 0 Å². The molecule has 0 saturated heterocycles. The molecule has 3 aromatic carbocycles. The second-order valence-electron chi connectivity index (χ2n) is 9.65. The molecule has 180 valence electrons. The molecular weight excluding hydrogens is 459 g/mol. The molecule has 2 aliphatic rings. The number of hydrogen-bond acceptors (Lipinski definition) is 3. The van der Waals surface area contributed by atoms with Crippen LogP contribution in [0.1, 0.15) is 59.4 Å². The molecular formula is C29H29FN2O2S. The second-order valence-corrected chi connectivity index (χ2v) is 10.7. The average molecular weight is 489 g/mol. The lowest BCUT2D eigenvalue weighted by Gasteiger charge is -2.34. The number of benzene rings is 3. The summed E-state index contributed by atoms with van der Waals surface area (Å²) in [4.78, 5) is 30.4. The summed E-state index contributed by atoms with van der Waals surface area (Å²) in [7, 11) is 0. The Morgan fingerprint density at radius 2 is 1.80 bits per heavy atom. The maximum Gasteiger partial charge on any atom is 0.259 e. The lowest BCUT2D eigenvalue weighted by Crippen LogP contribution is -2.43. The van der Waals surface area contributed by atoms with Crippen LogP contribution in [0.15, 0.2) is 76.5 Å². The maximum absolute atomic E-state index is 13.7. The van der Waals surface area contributed by atoms with E-state index in [0.29, 0.717) is 28.7 Å². The fourth-order valence-corrected chi connectivity index (χ4v) is 6.09. The summed E-state index contributed by atoms with van der Waals surface area (Å²) in [6.45, 7) is 4.74. The average Bonchev–Trinajstić information content (AvgIpc) is 2.97. The van der Waals surface area contributed by atoms with Gasteiger partial charge in [0.05, 0.1) is 17.8 Å². The second kappa shape index (κ2) is 9.86. The van der Waals surface area contributed by atoms with E-state index < -0.39 is 0 Å². The van der Waals surface area contributed by atoms with Gasteiger partial charge in [-0.2, -0.15) is 0 Å². The number of nitrogens with one attached hydrogen (secondary N) is 1. The summed E-state index contributed by atoms with van der Waals surface area (Å²) in [5.41, 5.74) is 2.66. The van der Waals surface area contributed by atoms with E-state index in [-0.39, 0.29) is 30.2 Å². The predicted octanol–water partition coefficient (Wildman–Crippen LogP) is 6.69. The fraction of sp³-hybridized carbons (Fsp3) is 0.310. The highest BCUT2D eigenvalue weighted by atomic mass is 32.2. The normalized spacial score (nSPS) is 21.6. The van der Waals surface area contributed by atoms with Gasteiger partial charge in [-0.05, 0) is 66.3 Å². The van der Waals surface area contributed by atoms with Gasteiger partial charge < -0.3 is 10.2 Å². The number of carbonyl (C=O) groups is 2. The van der Waals surface area contributed by atoms with Crippen LogP contribution in [-0.2, 0) is 6.54 Å². The molecule has 3 aromatic rings. The molecule has 1 fully saturated rings. The Kier molecular flexibility index (Phi) is 6.65. The monoisotopic (exact) mass is 488 g/mol. The maximum atomic E-state index is 13.7. The first kappa shape index (κ1) is 23.6. The lowest BCUT2D eigenvalue weighted by atomic mass is 9.78. The van der Waals surface area contributed by atoms with Crippen molar-refractivity contribution in [3.8, 4) is 0 Å². The molecule has 1 heterocycles. The van der Waals surface area contributed by atoms with Crippen molar-refractivity contribution in [1.82, 2.24) is 5.32 Å². The molecule has 0 spiro atoms. The quantitative estimate of drug-likeness (QED) is 0.445. The summed E-state index contributed by atoms with van der Waals surface area (Å²) in [6.07, 6.45) is 3.31. The van der Waals surface area contributed by atoms with E-state index >= 15 is 0 Å². The number of carbonyl (C=O) groups excluding carboxylic acids is 2. The SMILES string of the molecule is CC1CCCC(NC(=O)c2ccc3c(c2)N(Cc2ccc(F)cc2)C(=O)c2ccccc2S3)C1C. The molecule has 5 rings (SSSR count). The van der Waals surface area contributed by atoms with Gasteiger partial charge in [-0.15, -0.1) is 0 Å². The van der Waals surface area contributed by atoms with Crippen LogP contribution in [0, 0.1) is 17.7 Å². The number of rotatable bonds is 4. The first-order chi connectivity index (χ1) is 16.9. The number of nitrogens with zero attached hydrogens (tertiary/aromatic N) is 1. The summed E-state index contributed by atoms with van der Waals surface area (Å²) in [5, 5.41) is 3.25. The molecule has 1 saturated carbocycles. The van der Waals surface area contributed by atoms with Crippen molar-refractivity contribution in [2.45, 2.75) is 55.5 Å². The molecule has 0 aromatic heterocycles. The molecule has 1 aliphatic carbocycles. The topological polar surface area (TPSA) is 49.4 Å². The zero-order chi connectivity index (χ0) is 24.5. The predicted molar refractivity (Wildman–Crippen MR) is 137 cm³/mol. The van der Waals surface area contributed by atoms with E-state index in [9.17, 15) is 14.0 Å². The van der Waals surface area contributed by atoms with E-state index in [1.54, 1.807) is 17.0 Å². The largest absolute Gasteiger partial charge is 0.349 e. The minimum atomic E-state index is -0.317. The smallest absolute Gasteiger partial charge is 0.259 e. The summed E-state index contributed by atoms with van der Waals surface area (Å²) in [5.74, 6) is 0.445. The van der Waals surface area contributed by atoms with Crippen molar-refractivity contribution in [1.29, 1.82) is 0 Å². The zero-order valence-corrected chi connectivity index (χ0v) is 20.8. The van der Waals surface area contributed by atoms with Gasteiger partial charge in [0, 0.05) is 21.4 Å². The third kappa shape index (κ3) is 4.85. The first-order valence-corrected chi connectivity index (χ1v) is 13.0. The van der Waals surface area contributed by atoms with Crippen molar-refractivity contribution in [3.05, 3.63) is 89.2 Å². The summed E-state index contributed by atoms with van der Waals surface area (Å²) in [6, 6.07) is 19.5. The molecule has 2 amide bonds. The molecule has 35 heavy (non-hydrogen) atoms. The third-order valence-electron chi connectivity index (χ3n) is 7.37. The minimum absolute atomic E-state index is 0.111. The number of anilines is 1. The van der Waals surface area contributed by atoms with Crippen LogP contribution in [0.5, 0.6) is 0 Å². The molecule has 3 unspecified atom stereocenters. The Morgan fingerprint density at radius 1 is 1.03 bits per heavy atom. The molecule has 6 heteroatoms. The van der Waals surface area contributed by atoms with E-state index in [0.717, 1.165) is 28.2 Å². The highest BCUT2D eigenvalue weighted by Crippen LogP contribution is 2.42. The van der Waals surface area contributed by atoms with E-state index in [2.05, 4.69) is 19.2 Å². The van der Waals surface area contributed by atoms with Crippen molar-refractivity contribution in [2.75, 3.05) is 4.90 Å². The number of halogens is 1. The third-order valence-corrected chi connectivity index (χ3v) is 8.51. The Hall–Kier alpha value is -3.12. The van der Waals surface area contributed by atoms with Crippen LogP contribution in [0.3, 0.4) is 0 Å². The Labute approximate surface area is 209 Å². The van der Waals surface area contributed by atoms with Gasteiger partial charge in [-0.3, -0.25) is 9.59 Å². The highest BCUT2D eigenvalue weighted by Gasteiger charge is 2.30. The van der Waals surface area contributed by atoms with Crippen molar-refractivity contribution >= 4 is 29.3 Å². The van der Waals surface area contributed by atoms with Crippen LogP contribution in [0.25, 0.3) is 0 Å². The van der Waals surface area contributed by atoms with E-state index in [1.165, 1.54) is 30.3 Å². The Balaban J connectivity index is 1.50. The van der Waals surface area contributed by atoms with Crippen molar-refractivity contribution in [3.63, 3.8) is 0 Å². The van der Waals surface area contributed by atoms with Crippen LogP contribution >= 0.6 is 11.8 Å². The minimum Gasteiger partial charge on any atom is -0.349 e. The van der Waals surface area contributed by atoms with E-state index in [1.807, 2.05) is 42.5 Å². The van der Waals surface area contributed by atoms with Crippen LogP contribution in [-0.4, -0.2) is 17.9 Å².